The van der Waals surface area contributed by atoms with Crippen molar-refractivity contribution in [1.29, 1.82) is 0 Å². The van der Waals surface area contributed by atoms with E-state index in [2.05, 4.69) is 45.3 Å². The van der Waals surface area contributed by atoms with Gasteiger partial charge in [0, 0.05) is 0 Å². The second-order valence-electron chi connectivity index (χ2n) is 7.87. The quantitative estimate of drug-likeness (QED) is 0.507. The molecule has 30 heavy (non-hydrogen) atoms. The van der Waals surface area contributed by atoms with Gasteiger partial charge in [0.25, 0.3) is 0 Å². The minimum absolute atomic E-state index is 0.0909. The number of benzene rings is 2. The molecule has 1 atom stereocenters. The second kappa shape index (κ2) is 8.16. The lowest BCUT2D eigenvalue weighted by atomic mass is 9.89. The van der Waals surface area contributed by atoms with E-state index in [0.717, 1.165) is 42.8 Å². The maximum atomic E-state index is 14.1. The van der Waals surface area contributed by atoms with Crippen LogP contribution in [-0.4, -0.2) is 37.7 Å². The molecule has 1 fully saturated rings. The Balaban J connectivity index is 1.41. The molecule has 1 N–H and O–H groups in total. The van der Waals surface area contributed by atoms with Gasteiger partial charge in [-0.15, -0.1) is 0 Å². The molecule has 2 aromatic heterocycles. The molecule has 2 aromatic carbocycles. The largest absolute Gasteiger partial charge is 0.492 e. The van der Waals surface area contributed by atoms with Crippen LogP contribution in [0.4, 0.5) is 4.39 Å². The molecule has 0 radical (unpaired) electrons. The Kier molecular flexibility index (Phi) is 5.23. The number of likely N-dealkylation sites (tertiary alicyclic amines) is 1. The van der Waals surface area contributed by atoms with E-state index in [-0.39, 0.29) is 17.7 Å². The van der Waals surface area contributed by atoms with Gasteiger partial charge in [-0.25, -0.2) is 9.37 Å². The summed E-state index contributed by atoms with van der Waals surface area (Å²) in [6.45, 7) is 1.79. The van der Waals surface area contributed by atoms with E-state index < -0.39 is 0 Å². The van der Waals surface area contributed by atoms with Crippen LogP contribution in [0.5, 0.6) is 5.88 Å². The molecule has 5 nitrogen and oxygen atoms in total. The third-order valence-electron chi connectivity index (χ3n) is 5.93. The molecule has 1 saturated heterocycles. The predicted octanol–water partition coefficient (Wildman–Crippen LogP) is 4.68. The lowest BCUT2D eigenvalue weighted by molar-refractivity contribution is 0.150. The van der Waals surface area contributed by atoms with Gasteiger partial charge in [0.15, 0.2) is 0 Å². The first kappa shape index (κ1) is 19.2. The summed E-state index contributed by atoms with van der Waals surface area (Å²) in [6.07, 6.45) is 4.66. The Morgan fingerprint density at radius 1 is 1.10 bits per heavy atom. The molecule has 5 rings (SSSR count). The van der Waals surface area contributed by atoms with Gasteiger partial charge in [-0.1, -0.05) is 53.8 Å². The van der Waals surface area contributed by atoms with Crippen molar-refractivity contribution >= 4 is 16.3 Å². The number of rotatable bonds is 5. The lowest BCUT2D eigenvalue weighted by Crippen LogP contribution is -2.37. The zero-order chi connectivity index (χ0) is 20.5. The molecule has 0 spiro atoms. The summed E-state index contributed by atoms with van der Waals surface area (Å²) in [4.78, 5) is 7.97. The number of aromatic hydroxyl groups is 1. The van der Waals surface area contributed by atoms with Crippen LogP contribution in [0.3, 0.4) is 0 Å². The molecule has 1 aliphatic rings. The highest BCUT2D eigenvalue weighted by atomic mass is 32.1. The lowest BCUT2D eigenvalue weighted by Gasteiger charge is -2.37. The summed E-state index contributed by atoms with van der Waals surface area (Å²) >= 11 is 1.41. The molecular formula is C23H23FN4OS. The summed E-state index contributed by atoms with van der Waals surface area (Å²) in [5.41, 5.74) is 2.22. The van der Waals surface area contributed by atoms with Crippen LogP contribution in [0, 0.1) is 11.7 Å². The molecule has 1 aliphatic heterocycles. The smallest absolute Gasteiger partial charge is 0.230 e. The number of hydrogen-bond donors (Lipinski definition) is 1. The van der Waals surface area contributed by atoms with Crippen LogP contribution >= 0.6 is 11.3 Å². The topological polar surface area (TPSA) is 53.7 Å². The van der Waals surface area contributed by atoms with E-state index in [1.165, 1.54) is 33.8 Å². The Labute approximate surface area is 178 Å². The Morgan fingerprint density at radius 3 is 2.63 bits per heavy atom. The van der Waals surface area contributed by atoms with Gasteiger partial charge in [0.2, 0.25) is 10.8 Å². The summed E-state index contributed by atoms with van der Waals surface area (Å²) in [6, 6.07) is 17.1. The summed E-state index contributed by atoms with van der Waals surface area (Å²) in [5.74, 6) is 0.455. The van der Waals surface area contributed by atoms with Crippen molar-refractivity contribution in [3.63, 3.8) is 0 Å². The average Bonchev–Trinajstić information content (AvgIpc) is 3.34. The molecule has 0 unspecified atom stereocenters. The summed E-state index contributed by atoms with van der Waals surface area (Å²) in [5, 5.41) is 14.9. The highest BCUT2D eigenvalue weighted by Crippen LogP contribution is 2.41. The summed E-state index contributed by atoms with van der Waals surface area (Å²) < 4.78 is 15.5. The number of thiazole rings is 1. The van der Waals surface area contributed by atoms with E-state index in [9.17, 15) is 9.50 Å². The first-order valence-electron chi connectivity index (χ1n) is 10.2. The van der Waals surface area contributed by atoms with Crippen molar-refractivity contribution in [2.45, 2.75) is 25.3 Å². The molecule has 3 heterocycles. The Bertz CT molecular complexity index is 1130. The van der Waals surface area contributed by atoms with E-state index in [0.29, 0.717) is 10.9 Å². The highest BCUT2D eigenvalue weighted by molar-refractivity contribution is 7.17. The number of hydrogen-bond acceptors (Lipinski definition) is 5. The van der Waals surface area contributed by atoms with Crippen LogP contribution in [0.1, 0.15) is 34.9 Å². The third kappa shape index (κ3) is 3.70. The van der Waals surface area contributed by atoms with Gasteiger partial charge in [-0.05, 0) is 61.5 Å². The zero-order valence-corrected chi connectivity index (χ0v) is 17.3. The minimum Gasteiger partial charge on any atom is -0.492 e. The van der Waals surface area contributed by atoms with Crippen molar-refractivity contribution in [3.05, 3.63) is 82.7 Å². The van der Waals surface area contributed by atoms with E-state index in [1.807, 2.05) is 6.07 Å². The fraction of sp³-hybridized carbons (Fsp3) is 0.304. The molecule has 4 aromatic rings. The van der Waals surface area contributed by atoms with E-state index in [4.69, 9.17) is 0 Å². The minimum atomic E-state index is -0.268. The number of aromatic nitrogens is 3. The van der Waals surface area contributed by atoms with Crippen LogP contribution in [-0.2, 0) is 6.42 Å². The van der Waals surface area contributed by atoms with Crippen molar-refractivity contribution in [2.75, 3.05) is 13.1 Å². The van der Waals surface area contributed by atoms with Gasteiger partial charge in [-0.2, -0.15) is 9.61 Å². The van der Waals surface area contributed by atoms with Crippen LogP contribution in [0.2, 0.25) is 0 Å². The molecule has 7 heteroatoms. The number of nitrogens with zero attached hydrogens (tertiary/aromatic N) is 4. The molecule has 0 amide bonds. The number of fused-ring (bicyclic) bond motifs is 1. The zero-order valence-electron chi connectivity index (χ0n) is 16.5. The van der Waals surface area contributed by atoms with Crippen LogP contribution in [0.15, 0.2) is 60.9 Å². The number of piperidine rings is 1. The Morgan fingerprint density at radius 2 is 1.90 bits per heavy atom. The van der Waals surface area contributed by atoms with Crippen molar-refractivity contribution < 1.29 is 9.50 Å². The van der Waals surface area contributed by atoms with Gasteiger partial charge in [0.05, 0.1) is 10.9 Å². The molecule has 154 valence electrons. The monoisotopic (exact) mass is 422 g/mol. The maximum Gasteiger partial charge on any atom is 0.230 e. The highest BCUT2D eigenvalue weighted by Gasteiger charge is 2.32. The maximum absolute atomic E-state index is 14.1. The second-order valence-corrected chi connectivity index (χ2v) is 8.88. The third-order valence-corrected chi connectivity index (χ3v) is 7.02. The molecule has 0 bridgehead atoms. The first-order chi connectivity index (χ1) is 14.7. The molecular weight excluding hydrogens is 399 g/mol. The van der Waals surface area contributed by atoms with E-state index >= 15 is 0 Å². The normalized spacial score (nSPS) is 16.8. The fourth-order valence-corrected chi connectivity index (χ4v) is 5.53. The number of halogens is 1. The van der Waals surface area contributed by atoms with Crippen LogP contribution < -0.4 is 0 Å². The van der Waals surface area contributed by atoms with Gasteiger partial charge in [0.1, 0.15) is 12.1 Å². The van der Waals surface area contributed by atoms with E-state index in [1.54, 1.807) is 12.1 Å². The summed E-state index contributed by atoms with van der Waals surface area (Å²) in [7, 11) is 0. The van der Waals surface area contributed by atoms with Gasteiger partial charge in [-0.3, -0.25) is 4.90 Å². The first-order valence-corrected chi connectivity index (χ1v) is 11.1. The average molecular weight is 423 g/mol. The van der Waals surface area contributed by atoms with Gasteiger partial charge >= 0.3 is 0 Å². The molecule has 0 saturated carbocycles. The standard InChI is InChI=1S/C23H23FN4OS/c24-19-8-4-7-18(14-19)20(21-22(29)28-23(30-21)25-15-26-28)27-11-9-17(10-12-27)13-16-5-2-1-3-6-16/h1-8,14-15,17,20,29H,9-13H2/t20-/m1/s1. The molecule has 0 aliphatic carbocycles. The van der Waals surface area contributed by atoms with Crippen LogP contribution in [0.25, 0.3) is 4.96 Å². The SMILES string of the molecule is Oc1c([C@@H](c2cccc(F)c2)N2CCC(Cc3ccccc3)CC2)sc2ncnn12. The van der Waals surface area contributed by atoms with Crippen molar-refractivity contribution in [1.82, 2.24) is 19.5 Å². The van der Waals surface area contributed by atoms with Crippen molar-refractivity contribution in [2.24, 2.45) is 5.92 Å². The van der Waals surface area contributed by atoms with Gasteiger partial charge < -0.3 is 5.11 Å². The predicted molar refractivity (Wildman–Crippen MR) is 115 cm³/mol. The Hall–Kier alpha value is -2.77. The van der Waals surface area contributed by atoms with Crippen molar-refractivity contribution in [3.8, 4) is 5.88 Å². The fourth-order valence-electron chi connectivity index (χ4n) is 4.44.